The van der Waals surface area contributed by atoms with Gasteiger partial charge in [0.15, 0.2) is 0 Å². The van der Waals surface area contributed by atoms with Gasteiger partial charge < -0.3 is 15.0 Å². The summed E-state index contributed by atoms with van der Waals surface area (Å²) < 4.78 is 5.23. The van der Waals surface area contributed by atoms with Crippen molar-refractivity contribution in [1.29, 1.82) is 0 Å². The number of rotatable bonds is 6. The van der Waals surface area contributed by atoms with Gasteiger partial charge in [-0.2, -0.15) is 0 Å². The van der Waals surface area contributed by atoms with E-state index in [1.807, 2.05) is 66.7 Å². The molecule has 30 heavy (non-hydrogen) atoms. The summed E-state index contributed by atoms with van der Waals surface area (Å²) in [4.78, 5) is 28.2. The Morgan fingerprint density at radius 1 is 0.867 bits per heavy atom. The Balaban J connectivity index is 1.65. The Morgan fingerprint density at radius 3 is 2.30 bits per heavy atom. The molecule has 1 heterocycles. The molecule has 0 saturated carbocycles. The number of hydrogen-bond donors (Lipinski definition) is 1. The van der Waals surface area contributed by atoms with Crippen molar-refractivity contribution in [3.05, 3.63) is 95.6 Å². The van der Waals surface area contributed by atoms with E-state index >= 15 is 0 Å². The molecule has 0 radical (unpaired) electrons. The Hall–Kier alpha value is -3.60. The molecule has 5 heteroatoms. The lowest BCUT2D eigenvalue weighted by molar-refractivity contribution is -0.120. The fraction of sp³-hybridized carbons (Fsp3) is 0.200. The minimum absolute atomic E-state index is 0.141. The fourth-order valence-corrected chi connectivity index (χ4v) is 3.78. The quantitative estimate of drug-likeness (QED) is 0.671. The van der Waals surface area contributed by atoms with Crippen molar-refractivity contribution in [2.24, 2.45) is 0 Å². The van der Waals surface area contributed by atoms with Gasteiger partial charge in [-0.1, -0.05) is 54.6 Å². The average molecular weight is 400 g/mol. The minimum Gasteiger partial charge on any atom is -0.497 e. The van der Waals surface area contributed by atoms with Crippen molar-refractivity contribution < 1.29 is 14.3 Å². The van der Waals surface area contributed by atoms with Crippen LogP contribution in [0.4, 0.5) is 5.69 Å². The first-order valence-corrected chi connectivity index (χ1v) is 10.0. The predicted molar refractivity (Wildman–Crippen MR) is 116 cm³/mol. The standard InChI is InChI=1S/C25H24N2O3/c1-30-20-14-11-19(12-15-20)17-27-23(16-13-18-7-3-2-4-8-18)24(28)26-22-10-6-5-9-21(22)25(27)29/h2-12,14-15,23H,13,16-17H2,1H3,(H,26,28). The molecular formula is C25H24N2O3. The second-order valence-corrected chi connectivity index (χ2v) is 7.36. The summed E-state index contributed by atoms with van der Waals surface area (Å²) in [5.74, 6) is 0.459. The molecule has 0 bridgehead atoms. The van der Waals surface area contributed by atoms with E-state index in [-0.39, 0.29) is 11.8 Å². The van der Waals surface area contributed by atoms with Gasteiger partial charge in [-0.3, -0.25) is 9.59 Å². The van der Waals surface area contributed by atoms with E-state index in [1.165, 1.54) is 0 Å². The number of ether oxygens (including phenoxy) is 1. The molecule has 152 valence electrons. The number of aryl methyl sites for hydroxylation is 1. The van der Waals surface area contributed by atoms with Crippen LogP contribution in [0.2, 0.25) is 0 Å². The number of fused-ring (bicyclic) bond motifs is 1. The van der Waals surface area contributed by atoms with Crippen LogP contribution < -0.4 is 10.1 Å². The topological polar surface area (TPSA) is 58.6 Å². The largest absolute Gasteiger partial charge is 0.497 e. The van der Waals surface area contributed by atoms with E-state index in [1.54, 1.807) is 24.1 Å². The Morgan fingerprint density at radius 2 is 1.57 bits per heavy atom. The lowest BCUT2D eigenvalue weighted by Crippen LogP contribution is -2.45. The summed E-state index contributed by atoms with van der Waals surface area (Å²) in [7, 11) is 1.62. The van der Waals surface area contributed by atoms with Crippen LogP contribution in [0.25, 0.3) is 0 Å². The fourth-order valence-electron chi connectivity index (χ4n) is 3.78. The first-order valence-electron chi connectivity index (χ1n) is 10.0. The zero-order chi connectivity index (χ0) is 20.9. The van der Waals surface area contributed by atoms with Crippen molar-refractivity contribution in [2.45, 2.75) is 25.4 Å². The third-order valence-corrected chi connectivity index (χ3v) is 5.42. The smallest absolute Gasteiger partial charge is 0.256 e. The first kappa shape index (κ1) is 19.7. The van der Waals surface area contributed by atoms with Crippen molar-refractivity contribution in [2.75, 3.05) is 12.4 Å². The number of hydrogen-bond acceptors (Lipinski definition) is 3. The minimum atomic E-state index is -0.563. The Labute approximate surface area is 176 Å². The number of para-hydroxylation sites is 1. The van der Waals surface area contributed by atoms with E-state index in [0.29, 0.717) is 30.6 Å². The number of benzene rings is 3. The molecule has 2 amide bonds. The molecule has 0 fully saturated rings. The van der Waals surface area contributed by atoms with Gasteiger partial charge in [-0.05, 0) is 48.2 Å². The maximum absolute atomic E-state index is 13.4. The number of carbonyl (C=O) groups excluding carboxylic acids is 2. The highest BCUT2D eigenvalue weighted by Gasteiger charge is 2.35. The second kappa shape index (κ2) is 8.82. The van der Waals surface area contributed by atoms with Crippen LogP contribution in [0.3, 0.4) is 0 Å². The van der Waals surface area contributed by atoms with Crippen molar-refractivity contribution in [1.82, 2.24) is 4.90 Å². The second-order valence-electron chi connectivity index (χ2n) is 7.36. The van der Waals surface area contributed by atoms with Crippen LogP contribution in [-0.2, 0) is 17.8 Å². The van der Waals surface area contributed by atoms with Crippen LogP contribution in [0, 0.1) is 0 Å². The molecule has 1 atom stereocenters. The number of carbonyl (C=O) groups is 2. The molecule has 1 unspecified atom stereocenters. The molecule has 1 aliphatic rings. The third kappa shape index (κ3) is 4.20. The maximum Gasteiger partial charge on any atom is 0.256 e. The van der Waals surface area contributed by atoms with Crippen LogP contribution in [0.1, 0.15) is 27.9 Å². The molecule has 1 aliphatic heterocycles. The SMILES string of the molecule is COc1ccc(CN2C(=O)c3ccccc3NC(=O)C2CCc2ccccc2)cc1. The molecule has 0 spiro atoms. The number of nitrogens with one attached hydrogen (secondary N) is 1. The molecular weight excluding hydrogens is 376 g/mol. The van der Waals surface area contributed by atoms with Crippen molar-refractivity contribution in [3.63, 3.8) is 0 Å². The van der Waals surface area contributed by atoms with Crippen LogP contribution in [0.5, 0.6) is 5.75 Å². The van der Waals surface area contributed by atoms with Gasteiger partial charge in [0.2, 0.25) is 5.91 Å². The summed E-state index contributed by atoms with van der Waals surface area (Å²) >= 11 is 0. The maximum atomic E-state index is 13.4. The summed E-state index contributed by atoms with van der Waals surface area (Å²) in [5, 5.41) is 2.95. The summed E-state index contributed by atoms with van der Waals surface area (Å²) in [6.45, 7) is 0.351. The van der Waals surface area contributed by atoms with Crippen LogP contribution in [0.15, 0.2) is 78.9 Å². The van der Waals surface area contributed by atoms with Crippen LogP contribution >= 0.6 is 0 Å². The van der Waals surface area contributed by atoms with E-state index in [9.17, 15) is 9.59 Å². The molecule has 0 aliphatic carbocycles. The van der Waals surface area contributed by atoms with Gasteiger partial charge in [0, 0.05) is 6.54 Å². The van der Waals surface area contributed by atoms with E-state index in [0.717, 1.165) is 16.9 Å². The monoisotopic (exact) mass is 400 g/mol. The summed E-state index contributed by atoms with van der Waals surface area (Å²) in [6, 6.07) is 24.2. The molecule has 5 nitrogen and oxygen atoms in total. The van der Waals surface area contributed by atoms with E-state index < -0.39 is 6.04 Å². The Kier molecular flexibility index (Phi) is 5.80. The van der Waals surface area contributed by atoms with E-state index in [4.69, 9.17) is 4.74 Å². The van der Waals surface area contributed by atoms with Crippen LogP contribution in [-0.4, -0.2) is 29.9 Å². The predicted octanol–water partition coefficient (Wildman–Crippen LogP) is 4.29. The zero-order valence-corrected chi connectivity index (χ0v) is 16.9. The van der Waals surface area contributed by atoms with Gasteiger partial charge in [0.1, 0.15) is 11.8 Å². The first-order chi connectivity index (χ1) is 14.7. The average Bonchev–Trinajstić information content (AvgIpc) is 2.88. The van der Waals surface area contributed by atoms with Gasteiger partial charge >= 0.3 is 0 Å². The number of nitrogens with zero attached hydrogens (tertiary/aromatic N) is 1. The molecule has 4 rings (SSSR count). The molecule has 1 N–H and O–H groups in total. The third-order valence-electron chi connectivity index (χ3n) is 5.42. The summed E-state index contributed by atoms with van der Waals surface area (Å²) in [5.41, 5.74) is 3.17. The van der Waals surface area contributed by atoms with Crippen molar-refractivity contribution >= 4 is 17.5 Å². The van der Waals surface area contributed by atoms with Gasteiger partial charge in [0.05, 0.1) is 18.4 Å². The molecule has 0 saturated heterocycles. The highest BCUT2D eigenvalue weighted by atomic mass is 16.5. The van der Waals surface area contributed by atoms with E-state index in [2.05, 4.69) is 5.32 Å². The summed E-state index contributed by atoms with van der Waals surface area (Å²) in [6.07, 6.45) is 1.26. The van der Waals surface area contributed by atoms with Gasteiger partial charge in [-0.15, -0.1) is 0 Å². The highest BCUT2D eigenvalue weighted by Crippen LogP contribution is 2.27. The van der Waals surface area contributed by atoms with Crippen molar-refractivity contribution in [3.8, 4) is 5.75 Å². The molecule has 3 aromatic carbocycles. The number of methoxy groups -OCH3 is 1. The lowest BCUT2D eigenvalue weighted by Gasteiger charge is -2.29. The zero-order valence-electron chi connectivity index (χ0n) is 16.9. The highest BCUT2D eigenvalue weighted by molar-refractivity contribution is 6.09. The normalized spacial score (nSPS) is 15.9. The molecule has 0 aromatic heterocycles. The lowest BCUT2D eigenvalue weighted by atomic mass is 10.0. The number of anilines is 1. The molecule has 3 aromatic rings. The Bertz CT molecular complexity index is 1030. The number of amides is 2. The van der Waals surface area contributed by atoms with Gasteiger partial charge in [-0.25, -0.2) is 0 Å². The van der Waals surface area contributed by atoms with Gasteiger partial charge in [0.25, 0.3) is 5.91 Å².